The largest absolute Gasteiger partial charge is 0.396 e. The molecule has 18 heavy (non-hydrogen) atoms. The van der Waals surface area contributed by atoms with Crippen LogP contribution in [0.5, 0.6) is 0 Å². The van der Waals surface area contributed by atoms with Gasteiger partial charge < -0.3 is 5.11 Å². The summed E-state index contributed by atoms with van der Waals surface area (Å²) in [7, 11) is 0. The number of benzene rings is 1. The predicted molar refractivity (Wildman–Crippen MR) is 67.5 cm³/mol. The summed E-state index contributed by atoms with van der Waals surface area (Å²) in [6.45, 7) is 2.49. The van der Waals surface area contributed by atoms with Crippen molar-refractivity contribution in [2.45, 2.75) is 26.2 Å². The molecule has 1 aliphatic heterocycles. The van der Waals surface area contributed by atoms with Gasteiger partial charge in [-0.25, -0.2) is 0 Å². The maximum Gasteiger partial charge on any atom is 0.261 e. The number of carbonyl (C=O) groups is 2. The molecule has 2 rings (SSSR count). The summed E-state index contributed by atoms with van der Waals surface area (Å²) in [6, 6.07) is 5.33. The van der Waals surface area contributed by atoms with Crippen molar-refractivity contribution < 1.29 is 14.7 Å². The minimum absolute atomic E-state index is 0.154. The molecule has 4 heteroatoms. The third kappa shape index (κ3) is 2.29. The van der Waals surface area contributed by atoms with Crippen molar-refractivity contribution in [2.24, 2.45) is 0 Å². The Kier molecular flexibility index (Phi) is 3.77. The fourth-order valence-corrected chi connectivity index (χ4v) is 2.17. The first-order valence-electron chi connectivity index (χ1n) is 6.23. The average molecular weight is 247 g/mol. The van der Waals surface area contributed by atoms with Crippen molar-refractivity contribution in [1.82, 2.24) is 4.90 Å². The zero-order valence-electron chi connectivity index (χ0n) is 10.5. The van der Waals surface area contributed by atoms with Crippen molar-refractivity contribution in [1.29, 1.82) is 0 Å². The van der Waals surface area contributed by atoms with Gasteiger partial charge in [0.2, 0.25) is 0 Å². The molecule has 96 valence electrons. The van der Waals surface area contributed by atoms with E-state index < -0.39 is 0 Å². The lowest BCUT2D eigenvalue weighted by atomic mass is 10.1. The van der Waals surface area contributed by atoms with Crippen molar-refractivity contribution in [3.8, 4) is 0 Å². The van der Waals surface area contributed by atoms with Crippen LogP contribution >= 0.6 is 0 Å². The molecule has 0 fully saturated rings. The first-order valence-corrected chi connectivity index (χ1v) is 6.23. The molecule has 0 spiro atoms. The predicted octanol–water partition coefficient (Wildman–Crippen LogP) is 1.75. The highest BCUT2D eigenvalue weighted by molar-refractivity contribution is 6.21. The zero-order valence-corrected chi connectivity index (χ0v) is 10.5. The van der Waals surface area contributed by atoms with Gasteiger partial charge in [-0.3, -0.25) is 14.5 Å². The number of imide groups is 1. The highest BCUT2D eigenvalue weighted by Crippen LogP contribution is 2.24. The zero-order chi connectivity index (χ0) is 13.1. The number of nitrogens with zero attached hydrogens (tertiary/aromatic N) is 1. The van der Waals surface area contributed by atoms with Gasteiger partial charge in [-0.1, -0.05) is 11.6 Å². The van der Waals surface area contributed by atoms with E-state index in [0.29, 0.717) is 24.1 Å². The lowest BCUT2D eigenvalue weighted by molar-refractivity contribution is 0.0651. The molecule has 1 heterocycles. The van der Waals surface area contributed by atoms with Crippen LogP contribution in [0.3, 0.4) is 0 Å². The number of carbonyl (C=O) groups excluding carboxylic acids is 2. The quantitative estimate of drug-likeness (QED) is 0.637. The fraction of sp³-hybridized carbons (Fsp3) is 0.429. The number of unbranched alkanes of at least 4 members (excludes halogenated alkanes) is 2. The van der Waals surface area contributed by atoms with E-state index in [2.05, 4.69) is 0 Å². The molecular weight excluding hydrogens is 230 g/mol. The average Bonchev–Trinajstić information content (AvgIpc) is 2.59. The van der Waals surface area contributed by atoms with Gasteiger partial charge in [0.25, 0.3) is 11.8 Å². The summed E-state index contributed by atoms with van der Waals surface area (Å²) in [5, 5.41) is 8.69. The van der Waals surface area contributed by atoms with Gasteiger partial charge in [0.05, 0.1) is 11.1 Å². The normalized spacial score (nSPS) is 14.2. The monoisotopic (exact) mass is 247 g/mol. The van der Waals surface area contributed by atoms with Gasteiger partial charge in [0.15, 0.2) is 0 Å². The summed E-state index contributed by atoms with van der Waals surface area (Å²) in [6.07, 6.45) is 2.27. The molecule has 1 aromatic carbocycles. The molecule has 0 atom stereocenters. The molecule has 0 aliphatic carbocycles. The van der Waals surface area contributed by atoms with E-state index in [9.17, 15) is 9.59 Å². The molecular formula is C14H17NO3. The Morgan fingerprint density at radius 1 is 1.06 bits per heavy atom. The molecule has 0 bridgehead atoms. The first kappa shape index (κ1) is 12.8. The van der Waals surface area contributed by atoms with E-state index in [-0.39, 0.29) is 18.4 Å². The number of fused-ring (bicyclic) bond motifs is 1. The van der Waals surface area contributed by atoms with Crippen LogP contribution in [0.1, 0.15) is 45.5 Å². The number of rotatable bonds is 5. The fourth-order valence-electron chi connectivity index (χ4n) is 2.17. The lowest BCUT2D eigenvalue weighted by Crippen LogP contribution is -2.30. The molecule has 4 nitrogen and oxygen atoms in total. The second kappa shape index (κ2) is 5.31. The second-order valence-corrected chi connectivity index (χ2v) is 4.60. The Morgan fingerprint density at radius 3 is 2.50 bits per heavy atom. The molecule has 1 aliphatic rings. The van der Waals surface area contributed by atoms with E-state index >= 15 is 0 Å². The van der Waals surface area contributed by atoms with E-state index in [4.69, 9.17) is 5.11 Å². The van der Waals surface area contributed by atoms with Crippen molar-refractivity contribution >= 4 is 11.8 Å². The van der Waals surface area contributed by atoms with Crippen LogP contribution in [0, 0.1) is 6.92 Å². The summed E-state index contributed by atoms with van der Waals surface area (Å²) in [5.41, 5.74) is 2.01. The summed E-state index contributed by atoms with van der Waals surface area (Å²) >= 11 is 0. The minimum atomic E-state index is -0.195. The Hall–Kier alpha value is -1.68. The second-order valence-electron chi connectivity index (χ2n) is 4.60. The first-order chi connectivity index (χ1) is 8.65. The van der Waals surface area contributed by atoms with Gasteiger partial charge in [0, 0.05) is 13.2 Å². The highest BCUT2D eigenvalue weighted by Gasteiger charge is 2.34. The summed E-state index contributed by atoms with van der Waals surface area (Å²) in [5.74, 6) is -0.387. The maximum absolute atomic E-state index is 12.1. The molecule has 1 aromatic rings. The van der Waals surface area contributed by atoms with Crippen molar-refractivity contribution in [3.63, 3.8) is 0 Å². The molecule has 0 radical (unpaired) electrons. The Balaban J connectivity index is 2.08. The van der Waals surface area contributed by atoms with E-state index in [0.717, 1.165) is 18.4 Å². The van der Waals surface area contributed by atoms with Crippen molar-refractivity contribution in [3.05, 3.63) is 34.9 Å². The van der Waals surface area contributed by atoms with Crippen molar-refractivity contribution in [2.75, 3.05) is 13.2 Å². The SMILES string of the molecule is Cc1ccc2c(c1)C(=O)N(CCCCCO)C2=O. The van der Waals surface area contributed by atoms with Gasteiger partial charge in [-0.2, -0.15) is 0 Å². The summed E-state index contributed by atoms with van der Waals surface area (Å²) < 4.78 is 0. The van der Waals surface area contributed by atoms with Crippen LogP contribution in [-0.4, -0.2) is 35.0 Å². The Morgan fingerprint density at radius 2 is 1.78 bits per heavy atom. The third-order valence-corrected chi connectivity index (χ3v) is 3.17. The van der Waals surface area contributed by atoms with E-state index in [1.807, 2.05) is 13.0 Å². The minimum Gasteiger partial charge on any atom is -0.396 e. The smallest absolute Gasteiger partial charge is 0.261 e. The van der Waals surface area contributed by atoms with Gasteiger partial charge >= 0.3 is 0 Å². The molecule has 0 aromatic heterocycles. The molecule has 0 unspecified atom stereocenters. The van der Waals surface area contributed by atoms with Crippen LogP contribution in [0.4, 0.5) is 0 Å². The lowest BCUT2D eigenvalue weighted by Gasteiger charge is -2.12. The number of aryl methyl sites for hydroxylation is 1. The molecule has 2 amide bonds. The van der Waals surface area contributed by atoms with Crippen LogP contribution in [-0.2, 0) is 0 Å². The maximum atomic E-state index is 12.1. The number of aliphatic hydroxyl groups is 1. The number of hydrogen-bond donors (Lipinski definition) is 1. The Bertz CT molecular complexity index is 482. The van der Waals surface area contributed by atoms with Crippen LogP contribution in [0.25, 0.3) is 0 Å². The number of hydrogen-bond acceptors (Lipinski definition) is 3. The Labute approximate surface area is 106 Å². The summed E-state index contributed by atoms with van der Waals surface area (Å²) in [4.78, 5) is 25.4. The van der Waals surface area contributed by atoms with E-state index in [1.54, 1.807) is 12.1 Å². The molecule has 1 N–H and O–H groups in total. The topological polar surface area (TPSA) is 57.6 Å². The third-order valence-electron chi connectivity index (χ3n) is 3.17. The van der Waals surface area contributed by atoms with Crippen LogP contribution < -0.4 is 0 Å². The van der Waals surface area contributed by atoms with Gasteiger partial charge in [0.1, 0.15) is 0 Å². The molecule has 0 saturated heterocycles. The highest BCUT2D eigenvalue weighted by atomic mass is 16.3. The van der Waals surface area contributed by atoms with Crippen LogP contribution in [0.2, 0.25) is 0 Å². The van der Waals surface area contributed by atoms with Gasteiger partial charge in [-0.05, 0) is 38.3 Å². The number of amides is 2. The molecule has 0 saturated carbocycles. The van der Waals surface area contributed by atoms with E-state index in [1.165, 1.54) is 4.90 Å². The standard InChI is InChI=1S/C14H17NO3/c1-10-5-6-11-12(9-10)14(18)15(13(11)17)7-3-2-4-8-16/h5-6,9,16H,2-4,7-8H2,1H3. The van der Waals surface area contributed by atoms with Gasteiger partial charge in [-0.15, -0.1) is 0 Å². The number of aliphatic hydroxyl groups excluding tert-OH is 1. The van der Waals surface area contributed by atoms with Crippen LogP contribution in [0.15, 0.2) is 18.2 Å².